The van der Waals surface area contributed by atoms with E-state index in [-0.39, 0.29) is 12.0 Å². The molecule has 2 unspecified atom stereocenters. The Morgan fingerprint density at radius 3 is 2.14 bits per heavy atom. The Kier molecular flexibility index (Phi) is 5.41. The van der Waals surface area contributed by atoms with Gasteiger partial charge in [0.25, 0.3) is 0 Å². The van der Waals surface area contributed by atoms with Gasteiger partial charge in [-0.1, -0.05) is 72.8 Å². The molecule has 0 amide bonds. The number of rotatable bonds is 5. The fourth-order valence-corrected chi connectivity index (χ4v) is 3.54. The second-order valence-electron chi connectivity index (χ2n) is 6.70. The summed E-state index contributed by atoms with van der Waals surface area (Å²) in [5.41, 5.74) is 5.36. The van der Waals surface area contributed by atoms with Crippen molar-refractivity contribution < 1.29 is 9.47 Å². The van der Waals surface area contributed by atoms with Crippen molar-refractivity contribution >= 4 is 5.57 Å². The molecular weight excluding hydrogens is 344 g/mol. The molecule has 2 heteroatoms. The number of benzene rings is 3. The normalized spacial score (nSPS) is 18.6. The van der Waals surface area contributed by atoms with Gasteiger partial charge in [-0.3, -0.25) is 0 Å². The van der Waals surface area contributed by atoms with Crippen LogP contribution in [0.15, 0.2) is 84.9 Å². The van der Waals surface area contributed by atoms with Crippen LogP contribution in [0.1, 0.15) is 17.0 Å². The average molecular weight is 366 g/mol. The van der Waals surface area contributed by atoms with Crippen LogP contribution in [0.3, 0.4) is 0 Å². The summed E-state index contributed by atoms with van der Waals surface area (Å²) < 4.78 is 11.5. The van der Waals surface area contributed by atoms with Crippen LogP contribution in [-0.4, -0.2) is 20.3 Å². The van der Waals surface area contributed by atoms with Crippen LogP contribution in [0.2, 0.25) is 0 Å². The Balaban J connectivity index is 1.75. The molecular formula is C26H22O2. The van der Waals surface area contributed by atoms with Crippen LogP contribution in [0.4, 0.5) is 0 Å². The Morgan fingerprint density at radius 2 is 1.50 bits per heavy atom. The minimum Gasteiger partial charge on any atom is -0.496 e. The molecule has 3 aromatic carbocycles. The van der Waals surface area contributed by atoms with Gasteiger partial charge in [-0.2, -0.15) is 0 Å². The predicted octanol–water partition coefficient (Wildman–Crippen LogP) is 5.72. The molecule has 1 aliphatic carbocycles. The standard InChI is InChI=1S/C26H22O2/c1-27-25-16-14-21(19-9-5-3-6-10-19)17-24(25)23-15-13-22(18-26(23)28-2)20-11-7-4-8-12-20/h3-14,16,18,24-25H,1-2H3. The number of hydrogen-bond acceptors (Lipinski definition) is 2. The summed E-state index contributed by atoms with van der Waals surface area (Å²) in [5, 5.41) is 0. The van der Waals surface area contributed by atoms with Crippen molar-refractivity contribution in [3.8, 4) is 16.9 Å². The summed E-state index contributed by atoms with van der Waals surface area (Å²) in [6, 6.07) is 28.1. The SMILES string of the molecule is COc1cc(-c2ccccc2)c[c]c1C1[C]=C(c2ccccc2)C=CC1OC. The van der Waals surface area contributed by atoms with Gasteiger partial charge in [0.2, 0.25) is 0 Å². The summed E-state index contributed by atoms with van der Waals surface area (Å²) in [6.45, 7) is 0. The zero-order chi connectivity index (χ0) is 19.3. The lowest BCUT2D eigenvalue weighted by molar-refractivity contribution is 0.126. The van der Waals surface area contributed by atoms with Crippen molar-refractivity contribution in [2.45, 2.75) is 12.0 Å². The summed E-state index contributed by atoms with van der Waals surface area (Å²) in [4.78, 5) is 0. The number of hydrogen-bond donors (Lipinski definition) is 0. The summed E-state index contributed by atoms with van der Waals surface area (Å²) >= 11 is 0. The molecule has 2 atom stereocenters. The highest BCUT2D eigenvalue weighted by molar-refractivity contribution is 5.75. The summed E-state index contributed by atoms with van der Waals surface area (Å²) in [7, 11) is 3.42. The molecule has 0 N–H and O–H groups in total. The van der Waals surface area contributed by atoms with Gasteiger partial charge in [0.05, 0.1) is 13.2 Å². The van der Waals surface area contributed by atoms with E-state index in [0.29, 0.717) is 0 Å². The van der Waals surface area contributed by atoms with E-state index in [1.807, 2.05) is 42.5 Å². The van der Waals surface area contributed by atoms with E-state index in [2.05, 4.69) is 54.6 Å². The van der Waals surface area contributed by atoms with E-state index in [9.17, 15) is 0 Å². The quantitative estimate of drug-likeness (QED) is 0.575. The Hall–Kier alpha value is -3.10. The van der Waals surface area contributed by atoms with E-state index in [4.69, 9.17) is 9.47 Å². The smallest absolute Gasteiger partial charge is 0.124 e. The average Bonchev–Trinajstić information content (AvgIpc) is 2.79. The van der Waals surface area contributed by atoms with Gasteiger partial charge in [0, 0.05) is 18.6 Å². The van der Waals surface area contributed by atoms with E-state index in [1.165, 1.54) is 0 Å². The molecule has 0 heterocycles. The topological polar surface area (TPSA) is 18.5 Å². The third-order valence-corrected chi connectivity index (χ3v) is 5.02. The Bertz CT molecular complexity index is 987. The van der Waals surface area contributed by atoms with Crippen LogP contribution in [0, 0.1) is 12.1 Å². The van der Waals surface area contributed by atoms with E-state index >= 15 is 0 Å². The Labute approximate surface area is 166 Å². The first-order valence-corrected chi connectivity index (χ1v) is 9.35. The summed E-state index contributed by atoms with van der Waals surface area (Å²) in [5.74, 6) is 0.702. The fourth-order valence-electron chi connectivity index (χ4n) is 3.54. The molecule has 1 aliphatic rings. The van der Waals surface area contributed by atoms with E-state index in [0.717, 1.165) is 33.6 Å². The number of allylic oxidation sites excluding steroid dienone is 2. The molecule has 0 bridgehead atoms. The molecule has 0 saturated heterocycles. The largest absolute Gasteiger partial charge is 0.496 e. The molecule has 0 fully saturated rings. The highest BCUT2D eigenvalue weighted by Gasteiger charge is 2.26. The monoisotopic (exact) mass is 366 g/mol. The van der Waals surface area contributed by atoms with Crippen molar-refractivity contribution in [3.05, 3.63) is 108 Å². The maximum Gasteiger partial charge on any atom is 0.124 e. The molecule has 2 radical (unpaired) electrons. The van der Waals surface area contributed by atoms with Gasteiger partial charge < -0.3 is 9.47 Å². The van der Waals surface area contributed by atoms with Crippen LogP contribution in [-0.2, 0) is 4.74 Å². The van der Waals surface area contributed by atoms with Crippen molar-refractivity contribution in [1.29, 1.82) is 0 Å². The van der Waals surface area contributed by atoms with Crippen molar-refractivity contribution in [1.82, 2.24) is 0 Å². The molecule has 138 valence electrons. The molecule has 28 heavy (non-hydrogen) atoms. The van der Waals surface area contributed by atoms with Gasteiger partial charge >= 0.3 is 0 Å². The minimum atomic E-state index is -0.111. The molecule has 3 aromatic rings. The van der Waals surface area contributed by atoms with Crippen LogP contribution in [0.25, 0.3) is 16.7 Å². The first-order valence-electron chi connectivity index (χ1n) is 9.35. The lowest BCUT2D eigenvalue weighted by Gasteiger charge is -2.26. The second kappa shape index (κ2) is 8.28. The molecule has 0 aromatic heterocycles. The highest BCUT2D eigenvalue weighted by atomic mass is 16.5. The number of methoxy groups -OCH3 is 2. The fraction of sp³-hybridized carbons (Fsp3) is 0.154. The molecule has 0 saturated carbocycles. The molecule has 2 nitrogen and oxygen atoms in total. The first kappa shape index (κ1) is 18.3. The molecule has 0 spiro atoms. The van der Waals surface area contributed by atoms with Crippen molar-refractivity contribution in [2.24, 2.45) is 0 Å². The van der Waals surface area contributed by atoms with Gasteiger partial charge in [-0.05, 0) is 46.5 Å². The molecule has 0 aliphatic heterocycles. The van der Waals surface area contributed by atoms with E-state index < -0.39 is 0 Å². The van der Waals surface area contributed by atoms with Gasteiger partial charge in [-0.15, -0.1) is 0 Å². The minimum absolute atomic E-state index is 0.0926. The maximum absolute atomic E-state index is 5.73. The van der Waals surface area contributed by atoms with Crippen LogP contribution < -0.4 is 4.74 Å². The van der Waals surface area contributed by atoms with Crippen molar-refractivity contribution in [3.63, 3.8) is 0 Å². The highest BCUT2D eigenvalue weighted by Crippen LogP contribution is 2.38. The molecule has 4 rings (SSSR count). The predicted molar refractivity (Wildman–Crippen MR) is 113 cm³/mol. The summed E-state index contributed by atoms with van der Waals surface area (Å²) in [6.07, 6.45) is 7.66. The third-order valence-electron chi connectivity index (χ3n) is 5.02. The lowest BCUT2D eigenvalue weighted by atomic mass is 9.84. The Morgan fingerprint density at radius 1 is 0.821 bits per heavy atom. The van der Waals surface area contributed by atoms with Crippen LogP contribution >= 0.6 is 0 Å². The number of ether oxygens (including phenoxy) is 2. The van der Waals surface area contributed by atoms with Crippen LogP contribution in [0.5, 0.6) is 5.75 Å². The van der Waals surface area contributed by atoms with Gasteiger partial charge in [-0.25, -0.2) is 0 Å². The van der Waals surface area contributed by atoms with Gasteiger partial charge in [0.1, 0.15) is 5.75 Å². The zero-order valence-electron chi connectivity index (χ0n) is 16.1. The maximum atomic E-state index is 5.73. The first-order chi connectivity index (χ1) is 13.8. The van der Waals surface area contributed by atoms with E-state index in [1.54, 1.807) is 14.2 Å². The second-order valence-corrected chi connectivity index (χ2v) is 6.70. The zero-order valence-corrected chi connectivity index (χ0v) is 16.1. The third kappa shape index (κ3) is 3.64. The lowest BCUT2D eigenvalue weighted by Crippen LogP contribution is -2.21. The van der Waals surface area contributed by atoms with Crippen molar-refractivity contribution in [2.75, 3.05) is 14.2 Å². The van der Waals surface area contributed by atoms with Gasteiger partial charge in [0.15, 0.2) is 0 Å².